The second-order valence-electron chi connectivity index (χ2n) is 6.46. The van der Waals surface area contributed by atoms with Crippen LogP contribution in [0.25, 0.3) is 0 Å². The number of esters is 1. The van der Waals surface area contributed by atoms with Gasteiger partial charge in [-0.3, -0.25) is 9.59 Å². The number of hydrogen-bond acceptors (Lipinski definition) is 3. The second kappa shape index (κ2) is 9.06. The highest BCUT2D eigenvalue weighted by Gasteiger charge is 2.47. The highest BCUT2D eigenvalue weighted by Crippen LogP contribution is 2.42. The Bertz CT molecular complexity index is 340. The smallest absolute Gasteiger partial charge is 0.312 e. The molecule has 1 aliphatic carbocycles. The van der Waals surface area contributed by atoms with Gasteiger partial charge < -0.3 is 9.84 Å². The average Bonchev–Trinajstić information content (AvgIpc) is 2.46. The van der Waals surface area contributed by atoms with Gasteiger partial charge in [-0.15, -0.1) is 0 Å². The summed E-state index contributed by atoms with van der Waals surface area (Å²) in [6.07, 6.45) is 9.86. The first kappa shape index (κ1) is 18.0. The lowest BCUT2D eigenvalue weighted by molar-refractivity contribution is -0.169. The van der Waals surface area contributed by atoms with E-state index in [9.17, 15) is 14.7 Å². The monoisotopic (exact) mass is 298 g/mol. The van der Waals surface area contributed by atoms with Crippen molar-refractivity contribution >= 4 is 11.9 Å². The molecule has 1 saturated carbocycles. The number of ether oxygens (including phenoxy) is 1. The van der Waals surface area contributed by atoms with Crippen molar-refractivity contribution in [1.82, 2.24) is 0 Å². The summed E-state index contributed by atoms with van der Waals surface area (Å²) >= 11 is 0. The number of hydrogen-bond donors (Lipinski definition) is 1. The van der Waals surface area contributed by atoms with E-state index in [4.69, 9.17) is 4.74 Å². The predicted octanol–water partition coefficient (Wildman–Crippen LogP) is 4.17. The minimum absolute atomic E-state index is 0.317. The Balaban J connectivity index is 2.33. The van der Waals surface area contributed by atoms with Gasteiger partial charge in [0.2, 0.25) is 0 Å². The van der Waals surface area contributed by atoms with E-state index in [1.807, 2.05) is 0 Å². The summed E-state index contributed by atoms with van der Waals surface area (Å²) < 4.78 is 5.37. The van der Waals surface area contributed by atoms with E-state index in [-0.39, 0.29) is 5.97 Å². The fourth-order valence-electron chi connectivity index (χ4n) is 3.19. The molecule has 0 bridgehead atoms. The Kier molecular flexibility index (Phi) is 7.76. The van der Waals surface area contributed by atoms with Crippen molar-refractivity contribution < 1.29 is 19.4 Å². The maximum atomic E-state index is 12.3. The Morgan fingerprint density at radius 2 is 1.81 bits per heavy atom. The molecule has 4 heteroatoms. The van der Waals surface area contributed by atoms with Crippen LogP contribution in [0.2, 0.25) is 0 Å². The van der Waals surface area contributed by atoms with Gasteiger partial charge in [-0.05, 0) is 26.2 Å². The summed E-state index contributed by atoms with van der Waals surface area (Å²) in [6, 6.07) is 0. The van der Waals surface area contributed by atoms with Gasteiger partial charge in [0.25, 0.3) is 0 Å². The average molecular weight is 298 g/mol. The van der Waals surface area contributed by atoms with Gasteiger partial charge >= 0.3 is 11.9 Å². The Hall–Kier alpha value is -1.06. The Morgan fingerprint density at radius 3 is 2.48 bits per heavy atom. The topological polar surface area (TPSA) is 63.6 Å². The van der Waals surface area contributed by atoms with Crippen molar-refractivity contribution in [2.75, 3.05) is 6.61 Å². The molecule has 4 nitrogen and oxygen atoms in total. The molecule has 2 atom stereocenters. The van der Waals surface area contributed by atoms with Gasteiger partial charge in [0.05, 0.1) is 17.9 Å². The molecule has 0 aromatic rings. The largest absolute Gasteiger partial charge is 0.481 e. The molecule has 122 valence electrons. The molecule has 0 aromatic carbocycles. The third-order valence-corrected chi connectivity index (χ3v) is 4.70. The highest BCUT2D eigenvalue weighted by molar-refractivity contribution is 5.84. The lowest BCUT2D eigenvalue weighted by Crippen LogP contribution is -2.43. The van der Waals surface area contributed by atoms with Crippen LogP contribution in [0.15, 0.2) is 0 Å². The minimum atomic E-state index is -0.867. The molecule has 0 heterocycles. The number of unbranched alkanes of at least 4 members (excludes halogenated alkanes) is 5. The third kappa shape index (κ3) is 5.33. The molecule has 0 saturated heterocycles. The molecule has 1 fully saturated rings. The van der Waals surface area contributed by atoms with Crippen molar-refractivity contribution in [1.29, 1.82) is 0 Å². The highest BCUT2D eigenvalue weighted by atomic mass is 16.5. The molecule has 0 aromatic heterocycles. The van der Waals surface area contributed by atoms with Gasteiger partial charge in [0, 0.05) is 0 Å². The molecule has 1 aliphatic rings. The van der Waals surface area contributed by atoms with Crippen molar-refractivity contribution in [2.45, 2.75) is 78.1 Å². The number of carboxylic acid groups (broad SMARTS) is 1. The normalized spacial score (nSPS) is 25.5. The molecule has 2 unspecified atom stereocenters. The molecule has 1 rings (SSSR count). The van der Waals surface area contributed by atoms with Crippen LogP contribution >= 0.6 is 0 Å². The van der Waals surface area contributed by atoms with Crippen LogP contribution in [-0.4, -0.2) is 23.7 Å². The zero-order valence-electron chi connectivity index (χ0n) is 13.5. The third-order valence-electron chi connectivity index (χ3n) is 4.70. The summed E-state index contributed by atoms with van der Waals surface area (Å²) in [4.78, 5) is 23.6. The fraction of sp³-hybridized carbons (Fsp3) is 0.882. The predicted molar refractivity (Wildman–Crippen MR) is 82.0 cm³/mol. The quantitative estimate of drug-likeness (QED) is 0.512. The van der Waals surface area contributed by atoms with E-state index in [1.54, 1.807) is 6.92 Å². The van der Waals surface area contributed by atoms with E-state index in [0.29, 0.717) is 19.4 Å². The van der Waals surface area contributed by atoms with Crippen LogP contribution in [0, 0.1) is 11.3 Å². The van der Waals surface area contributed by atoms with Crippen molar-refractivity contribution in [3.8, 4) is 0 Å². The summed E-state index contributed by atoms with van der Waals surface area (Å²) in [5, 5.41) is 9.31. The standard InChI is InChI=1S/C17H30O4/c1-3-4-5-6-7-10-13-21-16(20)17(2)12-9-8-11-14(17)15(18)19/h14H,3-13H2,1-2H3,(H,18,19). The number of carboxylic acids is 1. The zero-order chi connectivity index (χ0) is 15.7. The van der Waals surface area contributed by atoms with Crippen LogP contribution < -0.4 is 0 Å². The van der Waals surface area contributed by atoms with E-state index >= 15 is 0 Å². The molecule has 0 aliphatic heterocycles. The SMILES string of the molecule is CCCCCCCCOC(=O)C1(C)CCCCC1C(=O)O. The number of rotatable bonds is 9. The molecule has 0 radical (unpaired) electrons. The van der Waals surface area contributed by atoms with E-state index < -0.39 is 17.3 Å². The van der Waals surface area contributed by atoms with Crippen LogP contribution in [0.3, 0.4) is 0 Å². The summed E-state index contributed by atoms with van der Waals surface area (Å²) in [5.41, 5.74) is -0.841. The molecule has 0 amide bonds. The van der Waals surface area contributed by atoms with Gasteiger partial charge in [0.1, 0.15) is 0 Å². The van der Waals surface area contributed by atoms with Crippen molar-refractivity contribution in [3.05, 3.63) is 0 Å². The lowest BCUT2D eigenvalue weighted by Gasteiger charge is -2.36. The Labute approximate surface area is 128 Å². The zero-order valence-corrected chi connectivity index (χ0v) is 13.5. The fourth-order valence-corrected chi connectivity index (χ4v) is 3.19. The first-order valence-electron chi connectivity index (χ1n) is 8.42. The Morgan fingerprint density at radius 1 is 1.14 bits per heavy atom. The van der Waals surface area contributed by atoms with Crippen LogP contribution in [0.1, 0.15) is 78.1 Å². The summed E-state index contributed by atoms with van der Waals surface area (Å²) in [5.74, 6) is -1.78. The number of carbonyl (C=O) groups excluding carboxylic acids is 1. The van der Waals surface area contributed by atoms with Crippen molar-refractivity contribution in [2.24, 2.45) is 11.3 Å². The first-order valence-corrected chi connectivity index (χ1v) is 8.42. The second-order valence-corrected chi connectivity index (χ2v) is 6.46. The number of aliphatic carboxylic acids is 1. The summed E-state index contributed by atoms with van der Waals surface area (Å²) in [7, 11) is 0. The molecular formula is C17H30O4. The molecule has 0 spiro atoms. The molecular weight excluding hydrogens is 268 g/mol. The number of carbonyl (C=O) groups is 2. The lowest BCUT2D eigenvalue weighted by atomic mass is 9.67. The van der Waals surface area contributed by atoms with Gasteiger partial charge in [-0.2, -0.15) is 0 Å². The molecule has 21 heavy (non-hydrogen) atoms. The summed E-state index contributed by atoms with van der Waals surface area (Å²) in [6.45, 7) is 4.37. The maximum absolute atomic E-state index is 12.3. The van der Waals surface area contributed by atoms with Crippen LogP contribution in [-0.2, 0) is 14.3 Å². The van der Waals surface area contributed by atoms with E-state index in [1.165, 1.54) is 25.7 Å². The minimum Gasteiger partial charge on any atom is -0.481 e. The maximum Gasteiger partial charge on any atom is 0.312 e. The van der Waals surface area contributed by atoms with Gasteiger partial charge in [-0.1, -0.05) is 51.9 Å². The molecule has 1 N–H and O–H groups in total. The van der Waals surface area contributed by atoms with Gasteiger partial charge in [0.15, 0.2) is 0 Å². The van der Waals surface area contributed by atoms with Crippen molar-refractivity contribution in [3.63, 3.8) is 0 Å². The first-order chi connectivity index (χ1) is 10.0. The van der Waals surface area contributed by atoms with E-state index in [0.717, 1.165) is 25.7 Å². The van der Waals surface area contributed by atoms with Crippen LogP contribution in [0.4, 0.5) is 0 Å². The van der Waals surface area contributed by atoms with Crippen LogP contribution in [0.5, 0.6) is 0 Å². The van der Waals surface area contributed by atoms with E-state index in [2.05, 4.69) is 6.92 Å². The van der Waals surface area contributed by atoms with Gasteiger partial charge in [-0.25, -0.2) is 0 Å².